The lowest BCUT2D eigenvalue weighted by molar-refractivity contribution is 0.289. The van der Waals surface area contributed by atoms with Gasteiger partial charge in [-0.1, -0.05) is 44.2 Å². The minimum absolute atomic E-state index is 0.119. The first-order valence-corrected chi connectivity index (χ1v) is 11.8. The highest BCUT2D eigenvalue weighted by molar-refractivity contribution is 5.85. The molecule has 164 valence electrons. The summed E-state index contributed by atoms with van der Waals surface area (Å²) in [5.41, 5.74) is 7.23. The zero-order valence-electron chi connectivity index (χ0n) is 19.2. The second-order valence-corrected chi connectivity index (χ2v) is 10.3. The smallest absolute Gasteiger partial charge is 0.137 e. The molecule has 1 N–H and O–H groups in total. The van der Waals surface area contributed by atoms with Crippen LogP contribution in [0.15, 0.2) is 54.9 Å². The predicted octanol–water partition coefficient (Wildman–Crippen LogP) is 5.12. The topological polar surface area (TPSA) is 49.7 Å². The number of nitrogens with zero attached hydrogens (tertiary/aromatic N) is 4. The van der Waals surface area contributed by atoms with Crippen molar-refractivity contribution in [2.45, 2.75) is 50.5 Å². The average molecular weight is 426 g/mol. The minimum atomic E-state index is -0.119. The standard InChI is InChI=1S/C27H31N5/c1-26(2,20-8-5-4-6-9-20)22-17-29-25-21(22)14-19(16-28-25)23-15-24-27(11-13-31(3)18-27)10-7-12-32(24)30-23/h4-6,8-9,14-17H,7,10-13,18H2,1-3H3,(H,28,29). The van der Waals surface area contributed by atoms with Crippen molar-refractivity contribution in [1.82, 2.24) is 24.6 Å². The summed E-state index contributed by atoms with van der Waals surface area (Å²) in [5.74, 6) is 0. The molecule has 5 nitrogen and oxygen atoms in total. The zero-order valence-corrected chi connectivity index (χ0v) is 19.2. The quantitative estimate of drug-likeness (QED) is 0.496. The fourth-order valence-electron chi connectivity index (χ4n) is 6.01. The van der Waals surface area contributed by atoms with Crippen molar-refractivity contribution in [1.29, 1.82) is 0 Å². The Morgan fingerprint density at radius 3 is 2.69 bits per heavy atom. The third-order valence-electron chi connectivity index (χ3n) is 7.89. The number of aryl methyl sites for hydroxylation is 1. The van der Waals surface area contributed by atoms with Gasteiger partial charge in [0, 0.05) is 53.0 Å². The third kappa shape index (κ3) is 2.95. The maximum atomic E-state index is 5.05. The predicted molar refractivity (Wildman–Crippen MR) is 129 cm³/mol. The zero-order chi connectivity index (χ0) is 21.9. The second kappa shape index (κ2) is 7.04. The van der Waals surface area contributed by atoms with Crippen molar-refractivity contribution in [3.05, 3.63) is 71.7 Å². The fourth-order valence-corrected chi connectivity index (χ4v) is 6.01. The van der Waals surface area contributed by atoms with Gasteiger partial charge >= 0.3 is 0 Å². The van der Waals surface area contributed by atoms with Crippen LogP contribution < -0.4 is 0 Å². The van der Waals surface area contributed by atoms with Crippen molar-refractivity contribution in [2.24, 2.45) is 0 Å². The summed E-state index contributed by atoms with van der Waals surface area (Å²) >= 11 is 0. The van der Waals surface area contributed by atoms with Crippen molar-refractivity contribution < 1.29 is 0 Å². The number of pyridine rings is 1. The Labute approximate surface area is 189 Å². The molecule has 0 radical (unpaired) electrons. The monoisotopic (exact) mass is 425 g/mol. The Morgan fingerprint density at radius 1 is 1.06 bits per heavy atom. The lowest BCUT2D eigenvalue weighted by Crippen LogP contribution is -2.36. The Kier molecular flexibility index (Phi) is 4.34. The first-order valence-electron chi connectivity index (χ1n) is 11.8. The highest BCUT2D eigenvalue weighted by Crippen LogP contribution is 2.43. The van der Waals surface area contributed by atoms with E-state index in [9.17, 15) is 0 Å². The number of benzene rings is 1. The van der Waals surface area contributed by atoms with Crippen LogP contribution in [0.4, 0.5) is 0 Å². The summed E-state index contributed by atoms with van der Waals surface area (Å²) in [6.45, 7) is 7.91. The number of aromatic nitrogens is 4. The Balaban J connectivity index is 1.43. The first-order chi connectivity index (χ1) is 15.5. The largest absolute Gasteiger partial charge is 0.346 e. The number of aromatic amines is 1. The molecule has 3 aromatic heterocycles. The molecule has 0 saturated carbocycles. The summed E-state index contributed by atoms with van der Waals surface area (Å²) in [7, 11) is 2.24. The molecule has 5 heterocycles. The molecule has 1 fully saturated rings. The van der Waals surface area contributed by atoms with E-state index in [4.69, 9.17) is 10.1 Å². The van der Waals surface area contributed by atoms with Gasteiger partial charge in [-0.3, -0.25) is 4.68 Å². The number of rotatable bonds is 3. The summed E-state index contributed by atoms with van der Waals surface area (Å²) in [4.78, 5) is 10.6. The SMILES string of the molecule is CN1CCC2(CCCn3nc(-c4cnc5[nH]cc(C(C)(C)c6ccccc6)c5c4)cc32)C1. The summed E-state index contributed by atoms with van der Waals surface area (Å²) < 4.78 is 2.27. The molecule has 1 aromatic carbocycles. The fraction of sp³-hybridized carbons (Fsp3) is 0.407. The molecule has 1 unspecified atom stereocenters. The Bertz CT molecular complexity index is 1280. The molecule has 6 rings (SSSR count). The molecular weight excluding hydrogens is 394 g/mol. The highest BCUT2D eigenvalue weighted by atomic mass is 15.3. The van der Waals surface area contributed by atoms with Crippen LogP contribution in [0, 0.1) is 0 Å². The van der Waals surface area contributed by atoms with Gasteiger partial charge in [0.05, 0.1) is 5.69 Å². The number of hydrogen-bond acceptors (Lipinski definition) is 3. The van der Waals surface area contributed by atoms with Gasteiger partial charge in [-0.2, -0.15) is 5.10 Å². The molecule has 1 saturated heterocycles. The number of H-pyrrole nitrogens is 1. The molecule has 1 atom stereocenters. The average Bonchev–Trinajstić information content (AvgIpc) is 3.52. The van der Waals surface area contributed by atoms with Gasteiger partial charge in [0.1, 0.15) is 5.65 Å². The van der Waals surface area contributed by atoms with E-state index in [2.05, 4.69) is 84.1 Å². The molecular formula is C27H31N5. The highest BCUT2D eigenvalue weighted by Gasteiger charge is 2.42. The Morgan fingerprint density at radius 2 is 1.91 bits per heavy atom. The van der Waals surface area contributed by atoms with Gasteiger partial charge in [0.15, 0.2) is 0 Å². The van der Waals surface area contributed by atoms with Gasteiger partial charge in [-0.15, -0.1) is 0 Å². The molecule has 2 aliphatic rings. The van der Waals surface area contributed by atoms with Gasteiger partial charge in [0.25, 0.3) is 0 Å². The van der Waals surface area contributed by atoms with Crippen LogP contribution in [-0.2, 0) is 17.4 Å². The first kappa shape index (κ1) is 19.7. The third-order valence-corrected chi connectivity index (χ3v) is 7.89. The van der Waals surface area contributed by atoms with Crippen molar-refractivity contribution >= 4 is 11.0 Å². The summed E-state index contributed by atoms with van der Waals surface area (Å²) in [6.07, 6.45) is 7.81. The number of hydrogen-bond donors (Lipinski definition) is 1. The minimum Gasteiger partial charge on any atom is -0.346 e. The van der Waals surface area contributed by atoms with Gasteiger partial charge in [-0.05, 0) is 56.1 Å². The molecule has 2 aliphatic heterocycles. The van der Waals surface area contributed by atoms with Crippen molar-refractivity contribution in [3.8, 4) is 11.3 Å². The molecule has 4 aromatic rings. The van der Waals surface area contributed by atoms with Gasteiger partial charge in [0.2, 0.25) is 0 Å². The molecule has 1 spiro atoms. The van der Waals surface area contributed by atoms with Crippen LogP contribution in [-0.4, -0.2) is 44.8 Å². The van der Waals surface area contributed by atoms with Gasteiger partial charge in [-0.25, -0.2) is 4.98 Å². The Hall–Kier alpha value is -2.92. The normalized spacial score (nSPS) is 21.5. The van der Waals surface area contributed by atoms with E-state index in [1.165, 1.54) is 48.0 Å². The number of fused-ring (bicyclic) bond motifs is 3. The number of likely N-dealkylation sites (N-methyl/N-ethyl adjacent to an activating group) is 1. The van der Waals surface area contributed by atoms with E-state index in [1.807, 2.05) is 6.20 Å². The summed E-state index contributed by atoms with van der Waals surface area (Å²) in [6, 6.07) is 15.3. The van der Waals surface area contributed by atoms with Crippen LogP contribution >= 0.6 is 0 Å². The lowest BCUT2D eigenvalue weighted by Gasteiger charge is -2.33. The van der Waals surface area contributed by atoms with E-state index in [0.717, 1.165) is 30.0 Å². The number of likely N-dealkylation sites (tertiary alicyclic amines) is 1. The van der Waals surface area contributed by atoms with Crippen LogP contribution in [0.2, 0.25) is 0 Å². The molecule has 32 heavy (non-hydrogen) atoms. The van der Waals surface area contributed by atoms with E-state index in [1.54, 1.807) is 0 Å². The van der Waals surface area contributed by atoms with Crippen molar-refractivity contribution in [3.63, 3.8) is 0 Å². The van der Waals surface area contributed by atoms with E-state index < -0.39 is 0 Å². The van der Waals surface area contributed by atoms with Crippen LogP contribution in [0.25, 0.3) is 22.3 Å². The van der Waals surface area contributed by atoms with Crippen LogP contribution in [0.3, 0.4) is 0 Å². The maximum Gasteiger partial charge on any atom is 0.137 e. The molecule has 5 heteroatoms. The maximum absolute atomic E-state index is 5.05. The second-order valence-electron chi connectivity index (χ2n) is 10.3. The van der Waals surface area contributed by atoms with E-state index in [-0.39, 0.29) is 10.8 Å². The number of nitrogens with one attached hydrogen (secondary N) is 1. The van der Waals surface area contributed by atoms with Gasteiger partial charge < -0.3 is 9.88 Å². The van der Waals surface area contributed by atoms with E-state index >= 15 is 0 Å². The van der Waals surface area contributed by atoms with Crippen LogP contribution in [0.5, 0.6) is 0 Å². The molecule has 0 amide bonds. The summed E-state index contributed by atoms with van der Waals surface area (Å²) in [5, 5.41) is 6.23. The lowest BCUT2D eigenvalue weighted by atomic mass is 9.77. The molecule has 0 bridgehead atoms. The van der Waals surface area contributed by atoms with Crippen molar-refractivity contribution in [2.75, 3.05) is 20.1 Å². The van der Waals surface area contributed by atoms with E-state index in [0.29, 0.717) is 0 Å². The van der Waals surface area contributed by atoms with Crippen LogP contribution in [0.1, 0.15) is 49.9 Å². The molecule has 0 aliphatic carbocycles.